The molecule has 0 spiro atoms. The van der Waals surface area contributed by atoms with Gasteiger partial charge in [0.25, 0.3) is 5.91 Å². The number of alkyl halides is 3. The Bertz CT molecular complexity index is 1000. The lowest BCUT2D eigenvalue weighted by atomic mass is 9.93. The van der Waals surface area contributed by atoms with Crippen LogP contribution in [0.5, 0.6) is 0 Å². The van der Waals surface area contributed by atoms with Crippen LogP contribution in [0.3, 0.4) is 0 Å². The normalized spacial score (nSPS) is 16.1. The molecule has 1 amide bonds. The van der Waals surface area contributed by atoms with Gasteiger partial charge < -0.3 is 14.4 Å². The lowest BCUT2D eigenvalue weighted by Crippen LogP contribution is -2.38. The van der Waals surface area contributed by atoms with Crippen LogP contribution in [0, 0.1) is 0 Å². The molecule has 0 bridgehead atoms. The first-order valence-corrected chi connectivity index (χ1v) is 9.17. The van der Waals surface area contributed by atoms with Gasteiger partial charge in [0.2, 0.25) is 0 Å². The highest BCUT2D eigenvalue weighted by atomic mass is 19.4. The van der Waals surface area contributed by atoms with E-state index in [0.717, 1.165) is 11.8 Å². The molecule has 0 unspecified atom stereocenters. The van der Waals surface area contributed by atoms with Crippen LogP contribution in [0.1, 0.15) is 53.3 Å². The fourth-order valence-corrected chi connectivity index (χ4v) is 3.54. The zero-order chi connectivity index (χ0) is 19.9. The van der Waals surface area contributed by atoms with Crippen LogP contribution in [-0.2, 0) is 12.6 Å². The second-order valence-electron chi connectivity index (χ2n) is 6.95. The van der Waals surface area contributed by atoms with Gasteiger partial charge in [0.05, 0.1) is 11.0 Å². The van der Waals surface area contributed by atoms with Crippen molar-refractivity contribution in [3.8, 4) is 0 Å². The number of likely N-dealkylation sites (tertiary alicyclic amines) is 1. The predicted molar refractivity (Wildman–Crippen MR) is 94.9 cm³/mol. The van der Waals surface area contributed by atoms with E-state index in [-0.39, 0.29) is 11.8 Å². The molecule has 4 heterocycles. The van der Waals surface area contributed by atoms with Crippen molar-refractivity contribution in [3.63, 3.8) is 0 Å². The van der Waals surface area contributed by atoms with Crippen molar-refractivity contribution in [2.45, 2.75) is 38.3 Å². The van der Waals surface area contributed by atoms with Crippen LogP contribution in [0.2, 0.25) is 0 Å². The van der Waals surface area contributed by atoms with Gasteiger partial charge in [0.15, 0.2) is 5.69 Å². The van der Waals surface area contributed by atoms with E-state index >= 15 is 0 Å². The summed E-state index contributed by atoms with van der Waals surface area (Å²) in [5.74, 6) is 0.646. The average Bonchev–Trinajstić information content (AvgIpc) is 3.33. The SMILES string of the molecule is CCc1cc(C(=O)N2CCC(c3cc4nc(C(F)(F)F)ccc4[nH]3)CC2)no1. The third kappa shape index (κ3) is 3.48. The first kappa shape index (κ1) is 18.5. The number of fused-ring (bicyclic) bond motifs is 1. The minimum absolute atomic E-state index is 0.135. The summed E-state index contributed by atoms with van der Waals surface area (Å²) < 4.78 is 43.6. The third-order valence-electron chi connectivity index (χ3n) is 5.13. The Balaban J connectivity index is 1.45. The van der Waals surface area contributed by atoms with E-state index in [0.29, 0.717) is 54.8 Å². The number of nitrogens with zero attached hydrogens (tertiary/aromatic N) is 3. The Morgan fingerprint density at radius 1 is 1.29 bits per heavy atom. The molecule has 1 aliphatic heterocycles. The topological polar surface area (TPSA) is 75.0 Å². The largest absolute Gasteiger partial charge is 0.433 e. The number of hydrogen-bond donors (Lipinski definition) is 1. The minimum Gasteiger partial charge on any atom is -0.361 e. The number of H-pyrrole nitrogens is 1. The number of nitrogens with one attached hydrogen (secondary N) is 1. The molecule has 0 aliphatic carbocycles. The number of rotatable bonds is 3. The van der Waals surface area contributed by atoms with Crippen molar-refractivity contribution in [1.82, 2.24) is 20.0 Å². The van der Waals surface area contributed by atoms with Gasteiger partial charge in [-0.1, -0.05) is 12.1 Å². The number of amides is 1. The fourth-order valence-electron chi connectivity index (χ4n) is 3.54. The maximum atomic E-state index is 12.8. The number of aromatic nitrogens is 3. The van der Waals surface area contributed by atoms with Crippen molar-refractivity contribution >= 4 is 16.9 Å². The number of halogens is 3. The van der Waals surface area contributed by atoms with Crippen molar-refractivity contribution in [3.05, 3.63) is 47.1 Å². The van der Waals surface area contributed by atoms with Crippen LogP contribution in [0.25, 0.3) is 11.0 Å². The van der Waals surface area contributed by atoms with Crippen molar-refractivity contribution in [2.75, 3.05) is 13.1 Å². The predicted octanol–water partition coefficient (Wildman–Crippen LogP) is 4.15. The van der Waals surface area contributed by atoms with Gasteiger partial charge in [-0.05, 0) is 31.0 Å². The Morgan fingerprint density at radius 3 is 2.68 bits per heavy atom. The first-order chi connectivity index (χ1) is 13.3. The molecule has 0 atom stereocenters. The van der Waals surface area contributed by atoms with E-state index in [1.54, 1.807) is 17.0 Å². The van der Waals surface area contributed by atoms with Gasteiger partial charge in [-0.2, -0.15) is 13.2 Å². The second kappa shape index (κ2) is 6.96. The maximum Gasteiger partial charge on any atom is 0.433 e. The molecule has 1 fully saturated rings. The van der Waals surface area contributed by atoms with Gasteiger partial charge in [0.1, 0.15) is 11.5 Å². The zero-order valence-corrected chi connectivity index (χ0v) is 15.2. The summed E-state index contributed by atoms with van der Waals surface area (Å²) in [6.45, 7) is 3.02. The summed E-state index contributed by atoms with van der Waals surface area (Å²) in [5, 5.41) is 3.82. The number of aromatic amines is 1. The van der Waals surface area contributed by atoms with Gasteiger partial charge in [-0.15, -0.1) is 0 Å². The number of pyridine rings is 1. The smallest absolute Gasteiger partial charge is 0.361 e. The molecular formula is C19H19F3N4O2. The van der Waals surface area contributed by atoms with Crippen molar-refractivity contribution in [1.29, 1.82) is 0 Å². The molecule has 0 radical (unpaired) electrons. The summed E-state index contributed by atoms with van der Waals surface area (Å²) >= 11 is 0. The summed E-state index contributed by atoms with van der Waals surface area (Å²) in [4.78, 5) is 21.1. The molecule has 4 rings (SSSR count). The molecule has 0 aromatic carbocycles. The van der Waals surface area contributed by atoms with Crippen LogP contribution in [-0.4, -0.2) is 39.0 Å². The Kier molecular flexibility index (Phi) is 4.60. The molecule has 9 heteroatoms. The monoisotopic (exact) mass is 392 g/mol. The van der Waals surface area contributed by atoms with E-state index in [2.05, 4.69) is 15.1 Å². The number of carbonyl (C=O) groups excluding carboxylic acids is 1. The molecule has 28 heavy (non-hydrogen) atoms. The van der Waals surface area contributed by atoms with Crippen LogP contribution in [0.15, 0.2) is 28.8 Å². The highest BCUT2D eigenvalue weighted by molar-refractivity contribution is 5.92. The highest BCUT2D eigenvalue weighted by Gasteiger charge is 2.33. The summed E-state index contributed by atoms with van der Waals surface area (Å²) in [6.07, 6.45) is -2.37. The Morgan fingerprint density at radius 2 is 2.04 bits per heavy atom. The van der Waals surface area contributed by atoms with Crippen LogP contribution >= 0.6 is 0 Å². The molecule has 1 aliphatic rings. The number of carbonyl (C=O) groups is 1. The molecular weight excluding hydrogens is 373 g/mol. The molecule has 148 valence electrons. The molecule has 3 aromatic rings. The van der Waals surface area contributed by atoms with Crippen molar-refractivity contribution < 1.29 is 22.5 Å². The molecule has 6 nitrogen and oxygen atoms in total. The molecule has 3 aromatic heterocycles. The standard InChI is InChI=1S/C19H19F3N4O2/c1-2-12-9-16(25-28-12)18(27)26-7-5-11(6-8-26)14-10-15-13(23-14)3-4-17(24-15)19(20,21)22/h3-4,9-11,23H,2,5-8H2,1H3. The lowest BCUT2D eigenvalue weighted by molar-refractivity contribution is -0.140. The Hall–Kier alpha value is -2.84. The molecule has 0 saturated carbocycles. The van der Waals surface area contributed by atoms with Crippen molar-refractivity contribution in [2.24, 2.45) is 0 Å². The summed E-state index contributed by atoms with van der Waals surface area (Å²) in [5.41, 5.74) is 1.15. The number of aryl methyl sites for hydroxylation is 1. The summed E-state index contributed by atoms with van der Waals surface area (Å²) in [6, 6.07) is 5.73. The van der Waals surface area contributed by atoms with Gasteiger partial charge in [-0.25, -0.2) is 4.98 Å². The maximum absolute atomic E-state index is 12.8. The van der Waals surface area contributed by atoms with E-state index in [4.69, 9.17) is 4.52 Å². The fraction of sp³-hybridized carbons (Fsp3) is 0.421. The minimum atomic E-state index is -4.46. The Labute approximate surface area is 158 Å². The van der Waals surface area contributed by atoms with E-state index in [1.165, 1.54) is 6.07 Å². The quantitative estimate of drug-likeness (QED) is 0.727. The van der Waals surface area contributed by atoms with Crippen LogP contribution in [0.4, 0.5) is 13.2 Å². The highest BCUT2D eigenvalue weighted by Crippen LogP contribution is 2.32. The van der Waals surface area contributed by atoms with Gasteiger partial charge in [-0.3, -0.25) is 4.79 Å². The van der Waals surface area contributed by atoms with E-state index in [1.807, 2.05) is 6.92 Å². The zero-order valence-electron chi connectivity index (χ0n) is 15.2. The second-order valence-corrected chi connectivity index (χ2v) is 6.95. The third-order valence-corrected chi connectivity index (χ3v) is 5.13. The number of hydrogen-bond acceptors (Lipinski definition) is 4. The van der Waals surface area contributed by atoms with Gasteiger partial charge in [0, 0.05) is 37.2 Å². The van der Waals surface area contributed by atoms with Crippen LogP contribution < -0.4 is 0 Å². The molecule has 1 saturated heterocycles. The molecule has 1 N–H and O–H groups in total. The first-order valence-electron chi connectivity index (χ1n) is 9.17. The average molecular weight is 392 g/mol. The van der Waals surface area contributed by atoms with E-state index < -0.39 is 11.9 Å². The van der Waals surface area contributed by atoms with E-state index in [9.17, 15) is 18.0 Å². The number of piperidine rings is 1. The summed E-state index contributed by atoms with van der Waals surface area (Å²) in [7, 11) is 0. The lowest BCUT2D eigenvalue weighted by Gasteiger charge is -2.31. The van der Waals surface area contributed by atoms with Gasteiger partial charge >= 0.3 is 6.18 Å².